The molecule has 0 aliphatic carbocycles. The summed E-state index contributed by atoms with van der Waals surface area (Å²) in [6.07, 6.45) is 0.240. The van der Waals surface area contributed by atoms with Crippen LogP contribution >= 0.6 is 0 Å². The lowest BCUT2D eigenvalue weighted by Crippen LogP contribution is -2.15. The molecule has 1 aliphatic heterocycles. The minimum Gasteiger partial charge on any atom is -0.490 e. The van der Waals surface area contributed by atoms with E-state index >= 15 is 0 Å². The van der Waals surface area contributed by atoms with Gasteiger partial charge in [0.05, 0.1) is 13.2 Å². The molecule has 6 nitrogen and oxygen atoms in total. The first-order chi connectivity index (χ1) is 8.65. The number of carbonyl (C=O) groups is 2. The van der Waals surface area contributed by atoms with Gasteiger partial charge >= 0.3 is 5.97 Å². The smallest absolute Gasteiger partial charge is 0.312 e. The normalized spacial score (nSPS) is 13.6. The Hall–Kier alpha value is -2.24. The number of carboxylic acids is 1. The average molecular weight is 251 g/mol. The second-order valence-electron chi connectivity index (χ2n) is 3.83. The molecule has 6 heteroatoms. The quantitative estimate of drug-likeness (QED) is 0.790. The fourth-order valence-corrected chi connectivity index (χ4v) is 1.58. The van der Waals surface area contributed by atoms with Crippen LogP contribution in [-0.2, 0) is 9.59 Å². The number of benzene rings is 1. The average Bonchev–Trinajstić information content (AvgIpc) is 2.52. The molecule has 1 aliphatic rings. The number of carbonyl (C=O) groups excluding carboxylic acids is 1. The third-order valence-corrected chi connectivity index (χ3v) is 2.34. The number of anilines is 1. The van der Waals surface area contributed by atoms with Gasteiger partial charge in [0.15, 0.2) is 11.5 Å². The summed E-state index contributed by atoms with van der Waals surface area (Å²) in [7, 11) is 0. The molecule has 0 bridgehead atoms. The molecule has 1 aromatic rings. The van der Waals surface area contributed by atoms with E-state index < -0.39 is 18.3 Å². The molecule has 0 spiro atoms. The van der Waals surface area contributed by atoms with Crippen LogP contribution in [-0.4, -0.2) is 30.2 Å². The minimum atomic E-state index is -1.16. The molecule has 0 saturated heterocycles. The number of aliphatic carboxylic acids is 1. The van der Waals surface area contributed by atoms with Crippen LogP contribution in [0.4, 0.5) is 5.69 Å². The van der Waals surface area contributed by atoms with Crippen molar-refractivity contribution in [1.29, 1.82) is 0 Å². The van der Waals surface area contributed by atoms with Crippen LogP contribution in [0.3, 0.4) is 0 Å². The van der Waals surface area contributed by atoms with E-state index in [1.165, 1.54) is 0 Å². The summed E-state index contributed by atoms with van der Waals surface area (Å²) in [4.78, 5) is 21.7. The van der Waals surface area contributed by atoms with Gasteiger partial charge in [-0.1, -0.05) is 0 Å². The van der Waals surface area contributed by atoms with Gasteiger partial charge in [-0.25, -0.2) is 0 Å². The standard InChI is InChI=1S/C12H13NO5/c14-11(7-12(15)16)13-8-2-3-9-10(6-8)18-5-1-4-17-9/h2-3,6H,1,4-5,7H2,(H,13,14)(H,15,16). The first-order valence-electron chi connectivity index (χ1n) is 5.56. The number of hydrogen-bond acceptors (Lipinski definition) is 4. The van der Waals surface area contributed by atoms with E-state index in [0.717, 1.165) is 6.42 Å². The van der Waals surface area contributed by atoms with E-state index in [4.69, 9.17) is 14.6 Å². The Balaban J connectivity index is 2.08. The maximum Gasteiger partial charge on any atom is 0.312 e. The Labute approximate surface area is 104 Å². The molecular formula is C12H13NO5. The Kier molecular flexibility index (Phi) is 3.66. The Morgan fingerprint density at radius 2 is 1.94 bits per heavy atom. The zero-order valence-electron chi connectivity index (χ0n) is 9.64. The molecule has 0 radical (unpaired) electrons. The summed E-state index contributed by atoms with van der Waals surface area (Å²) in [5, 5.41) is 11.0. The molecule has 1 amide bonds. The highest BCUT2D eigenvalue weighted by atomic mass is 16.5. The van der Waals surface area contributed by atoms with Gasteiger partial charge in [-0.05, 0) is 12.1 Å². The van der Waals surface area contributed by atoms with Crippen LogP contribution in [0.2, 0.25) is 0 Å². The molecule has 0 atom stereocenters. The van der Waals surface area contributed by atoms with E-state index in [-0.39, 0.29) is 0 Å². The highest BCUT2D eigenvalue weighted by molar-refractivity contribution is 6.01. The van der Waals surface area contributed by atoms with E-state index in [0.29, 0.717) is 30.4 Å². The Bertz CT molecular complexity index is 472. The van der Waals surface area contributed by atoms with Crippen molar-refractivity contribution < 1.29 is 24.2 Å². The molecule has 0 aromatic heterocycles. The molecule has 1 aromatic carbocycles. The van der Waals surface area contributed by atoms with Gasteiger partial charge in [0.1, 0.15) is 6.42 Å². The first kappa shape index (κ1) is 12.2. The molecular weight excluding hydrogens is 238 g/mol. The first-order valence-corrected chi connectivity index (χ1v) is 5.56. The lowest BCUT2D eigenvalue weighted by Gasteiger charge is -2.09. The molecule has 2 N–H and O–H groups in total. The van der Waals surface area contributed by atoms with Crippen molar-refractivity contribution in [2.75, 3.05) is 18.5 Å². The number of amides is 1. The maximum absolute atomic E-state index is 11.3. The Morgan fingerprint density at radius 1 is 1.22 bits per heavy atom. The van der Waals surface area contributed by atoms with Crippen molar-refractivity contribution in [3.63, 3.8) is 0 Å². The second kappa shape index (κ2) is 5.39. The lowest BCUT2D eigenvalue weighted by atomic mass is 10.2. The summed E-state index contributed by atoms with van der Waals surface area (Å²) in [5.41, 5.74) is 0.491. The second-order valence-corrected chi connectivity index (χ2v) is 3.83. The minimum absolute atomic E-state index is 0.491. The van der Waals surface area contributed by atoms with E-state index in [1.807, 2.05) is 0 Å². The molecule has 1 heterocycles. The lowest BCUT2D eigenvalue weighted by molar-refractivity contribution is -0.139. The summed E-state index contributed by atoms with van der Waals surface area (Å²) >= 11 is 0. The van der Waals surface area contributed by atoms with Crippen molar-refractivity contribution in [2.45, 2.75) is 12.8 Å². The summed E-state index contributed by atoms with van der Waals surface area (Å²) < 4.78 is 10.9. The number of carboxylic acid groups (broad SMARTS) is 1. The van der Waals surface area contributed by atoms with Gasteiger partial charge in [0, 0.05) is 18.2 Å². The molecule has 0 saturated carbocycles. The highest BCUT2D eigenvalue weighted by Gasteiger charge is 2.12. The zero-order valence-corrected chi connectivity index (χ0v) is 9.64. The maximum atomic E-state index is 11.3. The topological polar surface area (TPSA) is 84.9 Å². The van der Waals surface area contributed by atoms with Crippen molar-refractivity contribution >= 4 is 17.6 Å². The summed E-state index contributed by atoms with van der Waals surface area (Å²) in [6, 6.07) is 4.96. The monoisotopic (exact) mass is 251 g/mol. The predicted molar refractivity (Wildman–Crippen MR) is 62.9 cm³/mol. The van der Waals surface area contributed by atoms with Gasteiger partial charge in [-0.3, -0.25) is 9.59 Å². The largest absolute Gasteiger partial charge is 0.490 e. The van der Waals surface area contributed by atoms with E-state index in [1.54, 1.807) is 18.2 Å². The third kappa shape index (κ3) is 3.13. The molecule has 2 rings (SSSR count). The van der Waals surface area contributed by atoms with Gasteiger partial charge in [0.25, 0.3) is 0 Å². The molecule has 0 unspecified atom stereocenters. The SMILES string of the molecule is O=C(O)CC(=O)Nc1ccc2c(c1)OCCCO2. The van der Waals surface area contributed by atoms with Crippen molar-refractivity contribution in [3.8, 4) is 11.5 Å². The fourth-order valence-electron chi connectivity index (χ4n) is 1.58. The predicted octanol–water partition coefficient (Wildman–Crippen LogP) is 1.26. The van der Waals surface area contributed by atoms with Gasteiger partial charge in [0.2, 0.25) is 5.91 Å². The van der Waals surface area contributed by atoms with Crippen LogP contribution in [0.25, 0.3) is 0 Å². The van der Waals surface area contributed by atoms with Crippen LogP contribution < -0.4 is 14.8 Å². The molecule has 18 heavy (non-hydrogen) atoms. The highest BCUT2D eigenvalue weighted by Crippen LogP contribution is 2.32. The van der Waals surface area contributed by atoms with E-state index in [2.05, 4.69) is 5.32 Å². The number of ether oxygens (including phenoxy) is 2. The molecule has 96 valence electrons. The van der Waals surface area contributed by atoms with E-state index in [9.17, 15) is 9.59 Å². The van der Waals surface area contributed by atoms with Crippen molar-refractivity contribution in [1.82, 2.24) is 0 Å². The Morgan fingerprint density at radius 3 is 2.67 bits per heavy atom. The number of fused-ring (bicyclic) bond motifs is 1. The van der Waals surface area contributed by atoms with Crippen molar-refractivity contribution in [2.24, 2.45) is 0 Å². The van der Waals surface area contributed by atoms with Crippen LogP contribution in [0.1, 0.15) is 12.8 Å². The molecule has 0 fully saturated rings. The van der Waals surface area contributed by atoms with Crippen LogP contribution in [0, 0.1) is 0 Å². The number of rotatable bonds is 3. The fraction of sp³-hybridized carbons (Fsp3) is 0.333. The third-order valence-electron chi connectivity index (χ3n) is 2.34. The van der Waals surface area contributed by atoms with Gasteiger partial charge < -0.3 is 19.9 Å². The van der Waals surface area contributed by atoms with Crippen LogP contribution in [0.5, 0.6) is 11.5 Å². The van der Waals surface area contributed by atoms with Gasteiger partial charge in [-0.2, -0.15) is 0 Å². The van der Waals surface area contributed by atoms with Crippen LogP contribution in [0.15, 0.2) is 18.2 Å². The summed E-state index contributed by atoms with van der Waals surface area (Å²) in [5.74, 6) is -0.553. The van der Waals surface area contributed by atoms with Crippen molar-refractivity contribution in [3.05, 3.63) is 18.2 Å². The van der Waals surface area contributed by atoms with Gasteiger partial charge in [-0.15, -0.1) is 0 Å². The number of hydrogen-bond donors (Lipinski definition) is 2. The summed E-state index contributed by atoms with van der Waals surface area (Å²) in [6.45, 7) is 1.15. The zero-order chi connectivity index (χ0) is 13.0. The number of nitrogens with one attached hydrogen (secondary N) is 1.